The van der Waals surface area contributed by atoms with Gasteiger partial charge in [-0.2, -0.15) is 5.10 Å². The largest absolute Gasteiger partial charge is 0.354 e. The molecule has 1 aliphatic carbocycles. The van der Waals surface area contributed by atoms with E-state index in [1.165, 1.54) is 11.1 Å². The highest BCUT2D eigenvalue weighted by atomic mass is 15.1. The van der Waals surface area contributed by atoms with Crippen molar-refractivity contribution in [2.75, 3.05) is 0 Å². The van der Waals surface area contributed by atoms with Gasteiger partial charge in [-0.05, 0) is 22.6 Å². The van der Waals surface area contributed by atoms with Gasteiger partial charge in [0.05, 0.1) is 17.6 Å². The highest BCUT2D eigenvalue weighted by Gasteiger charge is 2.33. The lowest BCUT2D eigenvalue weighted by Crippen LogP contribution is -2.32. The van der Waals surface area contributed by atoms with Gasteiger partial charge < -0.3 is 4.98 Å². The van der Waals surface area contributed by atoms with E-state index in [4.69, 9.17) is 0 Å². The second kappa shape index (κ2) is 2.67. The quantitative estimate of drug-likeness (QED) is 0.675. The van der Waals surface area contributed by atoms with Crippen molar-refractivity contribution in [3.05, 3.63) is 27.9 Å². The number of hydrogen-bond acceptors (Lipinski definition) is 1. The Morgan fingerprint density at radius 2 is 2.06 bits per heavy atom. The number of nitrogens with one attached hydrogen (secondary N) is 2. The van der Waals surface area contributed by atoms with Crippen LogP contribution in [0.3, 0.4) is 0 Å². The molecule has 2 aromatic heterocycles. The number of H-pyrrole nitrogens is 2. The zero-order valence-corrected chi connectivity index (χ0v) is 9.65. The van der Waals surface area contributed by atoms with E-state index in [-0.39, 0.29) is 5.41 Å². The van der Waals surface area contributed by atoms with E-state index >= 15 is 0 Å². The van der Waals surface area contributed by atoms with Crippen LogP contribution < -0.4 is 10.6 Å². The third-order valence-electron chi connectivity index (χ3n) is 3.47. The zero-order valence-electron chi connectivity index (χ0n) is 9.65. The van der Waals surface area contributed by atoms with Gasteiger partial charge in [0.25, 0.3) is 0 Å². The Labute approximate surface area is 93.9 Å². The van der Waals surface area contributed by atoms with E-state index in [0.29, 0.717) is 0 Å². The molecule has 16 heavy (non-hydrogen) atoms. The predicted molar refractivity (Wildman–Crippen MR) is 65.4 cm³/mol. The molecule has 82 valence electrons. The summed E-state index contributed by atoms with van der Waals surface area (Å²) in [5.74, 6) is 0. The minimum absolute atomic E-state index is 0.0930. The van der Waals surface area contributed by atoms with Gasteiger partial charge in [-0.1, -0.05) is 27.0 Å². The monoisotopic (exact) mass is 213 g/mol. The fourth-order valence-corrected chi connectivity index (χ4v) is 2.75. The van der Waals surface area contributed by atoms with Crippen LogP contribution >= 0.6 is 0 Å². The van der Waals surface area contributed by atoms with Crippen LogP contribution in [0, 0.1) is 0 Å². The first-order valence-corrected chi connectivity index (χ1v) is 5.43. The van der Waals surface area contributed by atoms with Crippen molar-refractivity contribution in [1.29, 1.82) is 0 Å². The summed E-state index contributed by atoms with van der Waals surface area (Å²) in [5.41, 5.74) is 4.83. The molecule has 0 amide bonds. The smallest absolute Gasteiger partial charge is 0.0848 e. The van der Waals surface area contributed by atoms with Crippen molar-refractivity contribution in [2.45, 2.75) is 25.7 Å². The molecule has 0 bridgehead atoms. The van der Waals surface area contributed by atoms with Crippen LogP contribution in [0.2, 0.25) is 0 Å². The predicted octanol–water partition coefficient (Wildman–Crippen LogP) is 1.06. The molecule has 2 heterocycles. The van der Waals surface area contributed by atoms with Crippen molar-refractivity contribution < 1.29 is 0 Å². The van der Waals surface area contributed by atoms with E-state index in [1.807, 2.05) is 6.20 Å². The molecule has 2 aromatic rings. The minimum atomic E-state index is 0.0930. The number of rotatable bonds is 0. The van der Waals surface area contributed by atoms with Gasteiger partial charge in [0.2, 0.25) is 0 Å². The molecular formula is C13H15N3. The maximum Gasteiger partial charge on any atom is 0.0848 e. The Hall–Kier alpha value is -1.77. The Kier molecular flexibility index (Phi) is 1.58. The van der Waals surface area contributed by atoms with Gasteiger partial charge >= 0.3 is 0 Å². The number of nitrogens with zero attached hydrogens (tertiary/aromatic N) is 1. The van der Waals surface area contributed by atoms with Crippen molar-refractivity contribution in [2.24, 2.45) is 0 Å². The molecule has 0 saturated heterocycles. The average molecular weight is 213 g/mol. The SMILES string of the molecule is C=c1[nH]c2c(c1=C)C(C)(C)Cc1cn[nH]c1-2. The zero-order chi connectivity index (χ0) is 11.5. The topological polar surface area (TPSA) is 44.5 Å². The molecule has 0 saturated carbocycles. The summed E-state index contributed by atoms with van der Waals surface area (Å²) in [6.45, 7) is 12.6. The van der Waals surface area contributed by atoms with Crippen LogP contribution in [0.5, 0.6) is 0 Å². The standard InChI is InChI=1S/C13H15N3/c1-7-8(2)15-12-10(7)13(3,4)5-9-6-14-16-11(9)12/h6,15H,1-2,5H2,3-4H3,(H,14,16). The van der Waals surface area contributed by atoms with Crippen LogP contribution in [-0.4, -0.2) is 15.2 Å². The van der Waals surface area contributed by atoms with Crippen molar-refractivity contribution in [3.63, 3.8) is 0 Å². The molecule has 3 heteroatoms. The summed E-state index contributed by atoms with van der Waals surface area (Å²) >= 11 is 0. The van der Waals surface area contributed by atoms with Crippen LogP contribution in [0.15, 0.2) is 6.20 Å². The van der Waals surface area contributed by atoms with Gasteiger partial charge in [0, 0.05) is 10.9 Å². The fraction of sp³-hybridized carbons (Fsp3) is 0.308. The number of fused-ring (bicyclic) bond motifs is 3. The van der Waals surface area contributed by atoms with Crippen LogP contribution in [0.1, 0.15) is 25.0 Å². The van der Waals surface area contributed by atoms with Gasteiger partial charge in [-0.15, -0.1) is 0 Å². The van der Waals surface area contributed by atoms with Crippen molar-refractivity contribution in [3.8, 4) is 11.4 Å². The van der Waals surface area contributed by atoms with Crippen LogP contribution in [0.4, 0.5) is 0 Å². The lowest BCUT2D eigenvalue weighted by molar-refractivity contribution is 0.515. The Balaban J connectivity index is 2.47. The van der Waals surface area contributed by atoms with E-state index in [0.717, 1.165) is 28.4 Å². The third-order valence-corrected chi connectivity index (χ3v) is 3.47. The molecule has 0 unspecified atom stereocenters. The normalized spacial score (nSPS) is 16.9. The maximum atomic E-state index is 4.12. The molecule has 0 fully saturated rings. The molecule has 1 aliphatic rings. The molecular weight excluding hydrogens is 198 g/mol. The Morgan fingerprint density at radius 3 is 2.81 bits per heavy atom. The van der Waals surface area contributed by atoms with E-state index in [2.05, 4.69) is 42.2 Å². The molecule has 3 nitrogen and oxygen atoms in total. The average Bonchev–Trinajstić information content (AvgIpc) is 2.72. The Morgan fingerprint density at radius 1 is 1.31 bits per heavy atom. The highest BCUT2D eigenvalue weighted by molar-refractivity contribution is 5.68. The summed E-state index contributed by atoms with van der Waals surface area (Å²) in [7, 11) is 0. The lowest BCUT2D eigenvalue weighted by Gasteiger charge is -2.29. The molecule has 0 spiro atoms. The van der Waals surface area contributed by atoms with Crippen LogP contribution in [0.25, 0.3) is 24.5 Å². The first-order valence-electron chi connectivity index (χ1n) is 5.43. The minimum Gasteiger partial charge on any atom is -0.354 e. The molecule has 0 aromatic carbocycles. The van der Waals surface area contributed by atoms with E-state index < -0.39 is 0 Å². The number of aromatic nitrogens is 3. The van der Waals surface area contributed by atoms with Crippen molar-refractivity contribution >= 4 is 13.2 Å². The summed E-state index contributed by atoms with van der Waals surface area (Å²) < 4.78 is 0. The summed E-state index contributed by atoms with van der Waals surface area (Å²) in [4.78, 5) is 3.32. The summed E-state index contributed by atoms with van der Waals surface area (Å²) in [6, 6.07) is 0. The first kappa shape index (κ1) is 9.46. The highest BCUT2D eigenvalue weighted by Crippen LogP contribution is 2.38. The molecule has 0 atom stereocenters. The van der Waals surface area contributed by atoms with Gasteiger partial charge in [0.15, 0.2) is 0 Å². The number of aromatic amines is 2. The first-order chi connectivity index (χ1) is 7.50. The summed E-state index contributed by atoms with van der Waals surface area (Å²) in [6.07, 6.45) is 2.90. The summed E-state index contributed by atoms with van der Waals surface area (Å²) in [5, 5.41) is 9.11. The second-order valence-corrected chi connectivity index (χ2v) is 5.16. The molecule has 0 radical (unpaired) electrons. The molecule has 0 aliphatic heterocycles. The Bertz CT molecular complexity index is 658. The van der Waals surface area contributed by atoms with Gasteiger partial charge in [0.1, 0.15) is 0 Å². The molecule has 3 rings (SSSR count). The molecule has 2 N–H and O–H groups in total. The van der Waals surface area contributed by atoms with E-state index in [9.17, 15) is 0 Å². The third kappa shape index (κ3) is 1.00. The van der Waals surface area contributed by atoms with Gasteiger partial charge in [-0.25, -0.2) is 0 Å². The maximum absolute atomic E-state index is 4.12. The number of hydrogen-bond donors (Lipinski definition) is 2. The van der Waals surface area contributed by atoms with E-state index in [1.54, 1.807) is 0 Å². The lowest BCUT2D eigenvalue weighted by atomic mass is 9.74. The fourth-order valence-electron chi connectivity index (χ4n) is 2.75. The van der Waals surface area contributed by atoms with Gasteiger partial charge in [-0.3, -0.25) is 5.10 Å². The van der Waals surface area contributed by atoms with Crippen LogP contribution in [-0.2, 0) is 11.8 Å². The van der Waals surface area contributed by atoms with Crippen molar-refractivity contribution in [1.82, 2.24) is 15.2 Å². The second-order valence-electron chi connectivity index (χ2n) is 5.16.